The zero-order chi connectivity index (χ0) is 8.02. The Hall–Kier alpha value is -0.0400. The van der Waals surface area contributed by atoms with Crippen molar-refractivity contribution >= 4 is 0 Å². The lowest BCUT2D eigenvalue weighted by Crippen LogP contribution is -2.42. The first-order valence-corrected chi connectivity index (χ1v) is 5.67. The highest BCUT2D eigenvalue weighted by molar-refractivity contribution is 5.12. The van der Waals surface area contributed by atoms with Crippen LogP contribution in [0.1, 0.15) is 44.9 Å². The molecule has 0 aromatic heterocycles. The largest absolute Gasteiger partial charge is 0.297 e. The molecule has 0 N–H and O–H groups in total. The molecule has 0 bridgehead atoms. The van der Waals surface area contributed by atoms with Gasteiger partial charge in [-0.05, 0) is 57.5 Å². The molecule has 1 aliphatic heterocycles. The maximum atomic E-state index is 2.83. The first kappa shape index (κ1) is 7.37. The fourth-order valence-electron chi connectivity index (χ4n) is 3.07. The molecule has 2 saturated carbocycles. The number of nitrogens with zero attached hydrogens (tertiary/aromatic N) is 1. The van der Waals surface area contributed by atoms with Gasteiger partial charge in [0.05, 0.1) is 0 Å². The van der Waals surface area contributed by atoms with Gasteiger partial charge in [0.1, 0.15) is 0 Å². The summed E-state index contributed by atoms with van der Waals surface area (Å²) >= 11 is 0. The molecule has 3 rings (SSSR count). The molecule has 0 spiro atoms. The van der Waals surface area contributed by atoms with Gasteiger partial charge in [-0.25, -0.2) is 0 Å². The van der Waals surface area contributed by atoms with E-state index in [2.05, 4.69) is 4.90 Å². The number of likely N-dealkylation sites (tertiary alicyclic amines) is 1. The number of rotatable bonds is 2. The summed E-state index contributed by atoms with van der Waals surface area (Å²) in [7, 11) is 0. The van der Waals surface area contributed by atoms with E-state index in [1.165, 1.54) is 58.0 Å². The van der Waals surface area contributed by atoms with Crippen molar-refractivity contribution in [2.45, 2.75) is 50.5 Å². The molecular formula is C11H19N. The zero-order valence-corrected chi connectivity index (χ0v) is 7.89. The van der Waals surface area contributed by atoms with E-state index in [4.69, 9.17) is 0 Å². The molecule has 2 aliphatic carbocycles. The Bertz CT molecular complexity index is 173. The number of hydrogen-bond acceptors (Lipinski definition) is 1. The lowest BCUT2D eigenvalue weighted by atomic mass is 10.0. The Morgan fingerprint density at radius 3 is 2.08 bits per heavy atom. The normalized spacial score (nSPS) is 35.0. The Kier molecular flexibility index (Phi) is 1.52. The van der Waals surface area contributed by atoms with E-state index in [9.17, 15) is 0 Å². The Morgan fingerprint density at radius 1 is 0.917 bits per heavy atom. The average molecular weight is 165 g/mol. The van der Waals surface area contributed by atoms with Crippen LogP contribution in [-0.2, 0) is 0 Å². The molecule has 3 fully saturated rings. The molecule has 0 radical (unpaired) electrons. The van der Waals surface area contributed by atoms with Crippen LogP contribution in [0.5, 0.6) is 0 Å². The van der Waals surface area contributed by atoms with Crippen LogP contribution >= 0.6 is 0 Å². The zero-order valence-electron chi connectivity index (χ0n) is 7.89. The van der Waals surface area contributed by atoms with Crippen molar-refractivity contribution in [3.63, 3.8) is 0 Å². The van der Waals surface area contributed by atoms with E-state index in [-0.39, 0.29) is 0 Å². The maximum Gasteiger partial charge on any atom is 0.0239 e. The van der Waals surface area contributed by atoms with Gasteiger partial charge in [-0.2, -0.15) is 0 Å². The van der Waals surface area contributed by atoms with Crippen molar-refractivity contribution < 1.29 is 0 Å². The van der Waals surface area contributed by atoms with E-state index in [1.807, 2.05) is 0 Å². The Morgan fingerprint density at radius 2 is 1.58 bits per heavy atom. The summed E-state index contributed by atoms with van der Waals surface area (Å²) in [6.45, 7) is 2.83. The molecule has 3 aliphatic rings. The molecule has 0 aromatic carbocycles. The monoisotopic (exact) mass is 165 g/mol. The van der Waals surface area contributed by atoms with Crippen LogP contribution in [0.15, 0.2) is 0 Å². The Balaban J connectivity index is 1.69. The summed E-state index contributed by atoms with van der Waals surface area (Å²) in [6.07, 6.45) is 10.5. The van der Waals surface area contributed by atoms with Gasteiger partial charge < -0.3 is 0 Å². The predicted molar refractivity (Wildman–Crippen MR) is 50.1 cm³/mol. The summed E-state index contributed by atoms with van der Waals surface area (Å²) < 4.78 is 0. The van der Waals surface area contributed by atoms with Crippen LogP contribution in [-0.4, -0.2) is 23.5 Å². The molecule has 0 aromatic rings. The molecule has 1 heterocycles. The van der Waals surface area contributed by atoms with E-state index in [0.717, 1.165) is 11.5 Å². The van der Waals surface area contributed by atoms with Crippen molar-refractivity contribution in [3.05, 3.63) is 0 Å². The van der Waals surface area contributed by atoms with Gasteiger partial charge in [0, 0.05) is 5.54 Å². The molecule has 1 nitrogen and oxygen atoms in total. The molecule has 0 atom stereocenters. The van der Waals surface area contributed by atoms with Crippen molar-refractivity contribution in [1.29, 1.82) is 0 Å². The quantitative estimate of drug-likeness (QED) is 0.607. The fourth-order valence-corrected chi connectivity index (χ4v) is 3.07. The van der Waals surface area contributed by atoms with E-state index < -0.39 is 0 Å². The average Bonchev–Trinajstić information content (AvgIpc) is 2.99. The van der Waals surface area contributed by atoms with Crippen molar-refractivity contribution in [2.24, 2.45) is 5.92 Å². The van der Waals surface area contributed by atoms with Crippen LogP contribution in [0.3, 0.4) is 0 Å². The summed E-state index contributed by atoms with van der Waals surface area (Å²) in [6, 6.07) is 0. The highest BCUT2D eigenvalue weighted by atomic mass is 15.2. The van der Waals surface area contributed by atoms with E-state index >= 15 is 0 Å². The van der Waals surface area contributed by atoms with Gasteiger partial charge in [-0.1, -0.05) is 6.42 Å². The molecule has 0 unspecified atom stereocenters. The van der Waals surface area contributed by atoms with Crippen molar-refractivity contribution in [3.8, 4) is 0 Å². The smallest absolute Gasteiger partial charge is 0.0239 e. The minimum absolute atomic E-state index is 0.764. The predicted octanol–water partition coefficient (Wildman–Crippen LogP) is 2.41. The second-order valence-corrected chi connectivity index (χ2v) is 4.93. The lowest BCUT2D eigenvalue weighted by Gasteiger charge is -2.35. The van der Waals surface area contributed by atoms with Crippen LogP contribution < -0.4 is 0 Å². The van der Waals surface area contributed by atoms with Gasteiger partial charge in [0.25, 0.3) is 0 Å². The second kappa shape index (κ2) is 2.47. The number of piperidine rings is 1. The lowest BCUT2D eigenvalue weighted by molar-refractivity contribution is 0.128. The standard InChI is InChI=1S/C11H19N/c1-2-8-12(9-3-1)11(6-7-11)10-4-5-10/h10H,1-9H2. The van der Waals surface area contributed by atoms with Crippen LogP contribution in [0, 0.1) is 5.92 Å². The van der Waals surface area contributed by atoms with Gasteiger partial charge in [0.15, 0.2) is 0 Å². The summed E-state index contributed by atoms with van der Waals surface area (Å²) in [5.74, 6) is 1.12. The third-order valence-corrected chi connectivity index (χ3v) is 4.09. The maximum absolute atomic E-state index is 2.83. The third kappa shape index (κ3) is 1.02. The second-order valence-electron chi connectivity index (χ2n) is 4.93. The molecule has 68 valence electrons. The summed E-state index contributed by atoms with van der Waals surface area (Å²) in [5.41, 5.74) is 0.764. The molecule has 0 amide bonds. The summed E-state index contributed by atoms with van der Waals surface area (Å²) in [5, 5.41) is 0. The topological polar surface area (TPSA) is 3.24 Å². The minimum Gasteiger partial charge on any atom is -0.297 e. The van der Waals surface area contributed by atoms with Crippen molar-refractivity contribution in [2.75, 3.05) is 13.1 Å². The molecular weight excluding hydrogens is 146 g/mol. The highest BCUT2D eigenvalue weighted by Gasteiger charge is 2.57. The van der Waals surface area contributed by atoms with Crippen molar-refractivity contribution in [1.82, 2.24) is 4.90 Å². The first-order chi connectivity index (χ1) is 5.92. The SMILES string of the molecule is C1CCN(C2(C3CC3)CC2)CC1. The van der Waals surface area contributed by atoms with Gasteiger partial charge in [-0.3, -0.25) is 4.90 Å². The minimum atomic E-state index is 0.764. The first-order valence-electron chi connectivity index (χ1n) is 5.67. The summed E-state index contributed by atoms with van der Waals surface area (Å²) in [4.78, 5) is 2.83. The van der Waals surface area contributed by atoms with E-state index in [0.29, 0.717) is 0 Å². The van der Waals surface area contributed by atoms with Crippen LogP contribution in [0.25, 0.3) is 0 Å². The Labute approximate surface area is 75.1 Å². The van der Waals surface area contributed by atoms with Crippen LogP contribution in [0.4, 0.5) is 0 Å². The number of hydrogen-bond donors (Lipinski definition) is 0. The molecule has 12 heavy (non-hydrogen) atoms. The van der Waals surface area contributed by atoms with Gasteiger partial charge in [0.2, 0.25) is 0 Å². The fraction of sp³-hybridized carbons (Fsp3) is 1.00. The third-order valence-electron chi connectivity index (χ3n) is 4.09. The molecule has 1 saturated heterocycles. The van der Waals surface area contributed by atoms with E-state index in [1.54, 1.807) is 0 Å². The van der Waals surface area contributed by atoms with Gasteiger partial charge in [-0.15, -0.1) is 0 Å². The molecule has 1 heteroatoms. The van der Waals surface area contributed by atoms with Gasteiger partial charge >= 0.3 is 0 Å². The highest BCUT2D eigenvalue weighted by Crippen LogP contribution is 2.57. The van der Waals surface area contributed by atoms with Crippen LogP contribution in [0.2, 0.25) is 0 Å².